The minimum atomic E-state index is 0.613. The molecule has 0 saturated carbocycles. The van der Waals surface area contributed by atoms with Crippen molar-refractivity contribution in [2.75, 3.05) is 10.4 Å². The highest BCUT2D eigenvalue weighted by atomic mass is 15.6. The van der Waals surface area contributed by atoms with Crippen LogP contribution in [0.25, 0.3) is 16.9 Å². The Morgan fingerprint density at radius 3 is 2.70 bits per heavy atom. The van der Waals surface area contributed by atoms with Gasteiger partial charge in [0, 0.05) is 17.4 Å². The number of nitrogens with one attached hydrogen (secondary N) is 1. The third kappa shape index (κ3) is 3.18. The molecule has 27 heavy (non-hydrogen) atoms. The quantitative estimate of drug-likeness (QED) is 0.383. The molecule has 0 atom stereocenters. The molecule has 2 aromatic heterocycles. The van der Waals surface area contributed by atoms with Crippen LogP contribution >= 0.6 is 0 Å². The molecule has 132 valence electrons. The first-order chi connectivity index (χ1) is 13.2. The third-order valence-corrected chi connectivity index (χ3v) is 4.25. The predicted molar refractivity (Wildman–Crippen MR) is 106 cm³/mol. The Morgan fingerprint density at radius 2 is 1.89 bits per heavy atom. The summed E-state index contributed by atoms with van der Waals surface area (Å²) in [6.45, 7) is 0. The van der Waals surface area contributed by atoms with Crippen LogP contribution in [-0.2, 0) is 0 Å². The molecular weight excluding hydrogens is 338 g/mol. The van der Waals surface area contributed by atoms with Crippen LogP contribution in [0, 0.1) is 11.3 Å². The zero-order valence-electron chi connectivity index (χ0n) is 14.4. The fourth-order valence-electron chi connectivity index (χ4n) is 2.97. The van der Waals surface area contributed by atoms with E-state index in [1.54, 1.807) is 12.3 Å². The van der Waals surface area contributed by atoms with Crippen molar-refractivity contribution in [3.63, 3.8) is 0 Å². The van der Waals surface area contributed by atoms with E-state index in [0.717, 1.165) is 33.4 Å². The van der Waals surface area contributed by atoms with Crippen molar-refractivity contribution in [2.45, 2.75) is 0 Å². The molecule has 7 nitrogen and oxygen atoms in total. The fourth-order valence-corrected chi connectivity index (χ4v) is 2.97. The van der Waals surface area contributed by atoms with Gasteiger partial charge in [0.05, 0.1) is 34.9 Å². The maximum atomic E-state index is 9.14. The summed E-state index contributed by atoms with van der Waals surface area (Å²) in [7, 11) is 0. The van der Waals surface area contributed by atoms with E-state index in [9.17, 15) is 0 Å². The summed E-state index contributed by atoms with van der Waals surface area (Å²) in [5.74, 6) is 11.2. The highest BCUT2D eigenvalue weighted by Gasteiger charge is 2.10. The lowest BCUT2D eigenvalue weighted by molar-refractivity contribution is 0.925. The second-order valence-corrected chi connectivity index (χ2v) is 6.03. The number of imidazole rings is 1. The van der Waals surface area contributed by atoms with Crippen LogP contribution in [-0.4, -0.2) is 9.38 Å². The highest BCUT2D eigenvalue weighted by molar-refractivity contribution is 5.78. The van der Waals surface area contributed by atoms with Gasteiger partial charge in [0.25, 0.3) is 0 Å². The van der Waals surface area contributed by atoms with Gasteiger partial charge in [-0.05, 0) is 42.5 Å². The number of aromatic nitrogens is 2. The molecule has 2 heterocycles. The Labute approximate surface area is 156 Å². The third-order valence-electron chi connectivity index (χ3n) is 4.25. The van der Waals surface area contributed by atoms with Gasteiger partial charge in [-0.3, -0.25) is 4.40 Å². The standard InChI is InChI=1S/C20H17N7/c21-12-14-4-1-5-15(10-14)19-13-24-20-18(8-3-9-26(19)20)25-16-6-2-7-17(11-16)27(22)23/h1-11,13,25H,22-23H2. The summed E-state index contributed by atoms with van der Waals surface area (Å²) in [6.07, 6.45) is 3.74. The minimum absolute atomic E-state index is 0.613. The molecule has 0 aliphatic carbocycles. The van der Waals surface area contributed by atoms with E-state index in [-0.39, 0.29) is 0 Å². The van der Waals surface area contributed by atoms with E-state index < -0.39 is 0 Å². The van der Waals surface area contributed by atoms with E-state index in [1.165, 1.54) is 0 Å². The molecule has 0 radical (unpaired) electrons. The first kappa shape index (κ1) is 16.6. The normalized spacial score (nSPS) is 10.6. The van der Waals surface area contributed by atoms with Crippen LogP contribution in [0.3, 0.4) is 0 Å². The number of nitriles is 1. The zero-order chi connectivity index (χ0) is 18.8. The van der Waals surface area contributed by atoms with Crippen LogP contribution in [0.5, 0.6) is 0 Å². The maximum absolute atomic E-state index is 9.14. The number of rotatable bonds is 4. The molecule has 0 aliphatic heterocycles. The Hall–Kier alpha value is -3.86. The smallest absolute Gasteiger partial charge is 0.161 e. The fraction of sp³-hybridized carbons (Fsp3) is 0. The average Bonchev–Trinajstić information content (AvgIpc) is 3.13. The summed E-state index contributed by atoms with van der Waals surface area (Å²) < 4.78 is 1.99. The molecule has 7 heteroatoms. The molecule has 0 saturated heterocycles. The van der Waals surface area contributed by atoms with Crippen molar-refractivity contribution in [3.05, 3.63) is 78.6 Å². The molecule has 0 amide bonds. The van der Waals surface area contributed by atoms with E-state index in [2.05, 4.69) is 16.4 Å². The second-order valence-electron chi connectivity index (χ2n) is 6.03. The zero-order valence-corrected chi connectivity index (χ0v) is 14.4. The monoisotopic (exact) mass is 355 g/mol. The number of hydrogen-bond donors (Lipinski definition) is 3. The SMILES string of the molecule is N#Cc1cccc(-c2cnc3c(Nc4cccc(N(N)N)c4)cccn23)c1. The molecule has 0 spiro atoms. The van der Waals surface area contributed by atoms with Crippen LogP contribution in [0.1, 0.15) is 5.56 Å². The lowest BCUT2D eigenvalue weighted by Gasteiger charge is -2.14. The van der Waals surface area contributed by atoms with Gasteiger partial charge < -0.3 is 5.32 Å². The number of anilines is 3. The summed E-state index contributed by atoms with van der Waals surface area (Å²) in [5, 5.41) is 13.6. The lowest BCUT2D eigenvalue weighted by Crippen LogP contribution is -2.37. The van der Waals surface area contributed by atoms with Gasteiger partial charge >= 0.3 is 0 Å². The van der Waals surface area contributed by atoms with Crippen LogP contribution in [0.2, 0.25) is 0 Å². The van der Waals surface area contributed by atoms with Gasteiger partial charge in [-0.15, -0.1) is 0 Å². The van der Waals surface area contributed by atoms with E-state index in [0.29, 0.717) is 11.3 Å². The molecule has 5 N–H and O–H groups in total. The minimum Gasteiger partial charge on any atom is -0.352 e. The largest absolute Gasteiger partial charge is 0.352 e. The molecule has 4 aromatic rings. The van der Waals surface area contributed by atoms with Crippen molar-refractivity contribution < 1.29 is 0 Å². The molecule has 0 bridgehead atoms. The summed E-state index contributed by atoms with van der Waals surface area (Å²) in [6, 6.07) is 21.0. The predicted octanol–water partition coefficient (Wildman–Crippen LogP) is 3.17. The number of hydrogen-bond acceptors (Lipinski definition) is 6. The Kier molecular flexibility index (Phi) is 4.18. The highest BCUT2D eigenvalue weighted by Crippen LogP contribution is 2.28. The van der Waals surface area contributed by atoms with E-state index >= 15 is 0 Å². The molecule has 0 unspecified atom stereocenters. The molecule has 4 rings (SSSR count). The van der Waals surface area contributed by atoms with Crippen molar-refractivity contribution in [1.82, 2.24) is 9.38 Å². The Bertz CT molecular complexity index is 1150. The Balaban J connectivity index is 1.75. The summed E-state index contributed by atoms with van der Waals surface area (Å²) in [4.78, 5) is 4.56. The van der Waals surface area contributed by atoms with Crippen LogP contribution in [0.4, 0.5) is 17.1 Å². The molecule has 2 aromatic carbocycles. The van der Waals surface area contributed by atoms with E-state index in [4.69, 9.17) is 16.9 Å². The number of nitrogens with two attached hydrogens (primary N) is 2. The van der Waals surface area contributed by atoms with Gasteiger partial charge in [0.15, 0.2) is 5.65 Å². The first-order valence-corrected chi connectivity index (χ1v) is 8.29. The number of nitrogens with zero attached hydrogens (tertiary/aromatic N) is 4. The van der Waals surface area contributed by atoms with Crippen molar-refractivity contribution in [2.24, 2.45) is 11.7 Å². The topological polar surface area (TPSA) is 108 Å². The molecule has 0 fully saturated rings. The van der Waals surface area contributed by atoms with Gasteiger partial charge in [-0.1, -0.05) is 18.2 Å². The Morgan fingerprint density at radius 1 is 1.04 bits per heavy atom. The van der Waals surface area contributed by atoms with Gasteiger partial charge in [0.2, 0.25) is 0 Å². The van der Waals surface area contributed by atoms with Crippen molar-refractivity contribution >= 4 is 22.7 Å². The first-order valence-electron chi connectivity index (χ1n) is 8.29. The summed E-state index contributed by atoms with van der Waals surface area (Å²) in [5.41, 5.74) is 5.61. The number of hydrazine groups is 2. The van der Waals surface area contributed by atoms with Gasteiger partial charge in [-0.25, -0.2) is 21.8 Å². The lowest BCUT2D eigenvalue weighted by atomic mass is 10.1. The van der Waals surface area contributed by atoms with E-state index in [1.807, 2.05) is 65.2 Å². The molecule has 0 aliphatic rings. The number of benzene rings is 2. The second kappa shape index (κ2) is 6.80. The van der Waals surface area contributed by atoms with Crippen LogP contribution < -0.4 is 22.1 Å². The van der Waals surface area contributed by atoms with Gasteiger partial charge in [0.1, 0.15) is 0 Å². The molecular formula is C20H17N7. The van der Waals surface area contributed by atoms with Gasteiger partial charge in [-0.2, -0.15) is 5.26 Å². The number of pyridine rings is 1. The summed E-state index contributed by atoms with van der Waals surface area (Å²) >= 11 is 0. The van der Waals surface area contributed by atoms with Crippen molar-refractivity contribution in [1.29, 1.82) is 5.26 Å². The van der Waals surface area contributed by atoms with Crippen molar-refractivity contribution in [3.8, 4) is 17.3 Å². The maximum Gasteiger partial charge on any atom is 0.161 e. The number of fused-ring (bicyclic) bond motifs is 1. The van der Waals surface area contributed by atoms with Crippen LogP contribution in [0.15, 0.2) is 73.1 Å². The average molecular weight is 355 g/mol.